The molecule has 4 unspecified atom stereocenters. The van der Waals surface area contributed by atoms with Crippen LogP contribution in [-0.4, -0.2) is 44.0 Å². The quantitative estimate of drug-likeness (QED) is 0.542. The third kappa shape index (κ3) is 3.66. The van der Waals surface area contributed by atoms with Crippen molar-refractivity contribution >= 4 is 5.78 Å². The number of rotatable bonds is 3. The summed E-state index contributed by atoms with van der Waals surface area (Å²) in [4.78, 5) is 13.2. The van der Waals surface area contributed by atoms with Gasteiger partial charge in [0.2, 0.25) is 0 Å². The monoisotopic (exact) mass is 440 g/mol. The Kier molecular flexibility index (Phi) is 5.53. The molecule has 170 valence electrons. The fourth-order valence-corrected chi connectivity index (χ4v) is 4.16. The van der Waals surface area contributed by atoms with Crippen molar-refractivity contribution < 1.29 is 34.7 Å². The van der Waals surface area contributed by atoms with E-state index < -0.39 is 35.8 Å². The summed E-state index contributed by atoms with van der Waals surface area (Å²) in [6.45, 7) is 7.27. The molecule has 32 heavy (non-hydrogen) atoms. The Hall–Kier alpha value is -2.87. The lowest BCUT2D eigenvalue weighted by Gasteiger charge is -2.43. The van der Waals surface area contributed by atoms with Crippen molar-refractivity contribution in [2.75, 3.05) is 0 Å². The van der Waals surface area contributed by atoms with Gasteiger partial charge in [-0.3, -0.25) is 4.79 Å². The van der Waals surface area contributed by atoms with Gasteiger partial charge >= 0.3 is 0 Å². The zero-order valence-corrected chi connectivity index (χ0v) is 18.5. The summed E-state index contributed by atoms with van der Waals surface area (Å²) in [5.41, 5.74) is 1.50. The number of aromatic hydroxyl groups is 1. The molecule has 2 aromatic carbocycles. The van der Waals surface area contributed by atoms with Crippen molar-refractivity contribution in [3.8, 4) is 17.2 Å². The number of aliphatic hydroxyl groups is 3. The minimum absolute atomic E-state index is 0.0428. The summed E-state index contributed by atoms with van der Waals surface area (Å²) in [5.74, 6) is -0.0348. The van der Waals surface area contributed by atoms with E-state index in [2.05, 4.69) is 0 Å². The molecular formula is C25H28O7. The molecule has 0 saturated heterocycles. The van der Waals surface area contributed by atoms with E-state index in [1.807, 2.05) is 19.9 Å². The molecule has 0 fully saturated rings. The van der Waals surface area contributed by atoms with Gasteiger partial charge in [-0.2, -0.15) is 0 Å². The van der Waals surface area contributed by atoms with Gasteiger partial charge in [0.15, 0.2) is 18.0 Å². The number of ether oxygens (including phenoxy) is 2. The first-order valence-corrected chi connectivity index (χ1v) is 10.6. The molecule has 0 aromatic heterocycles. The summed E-state index contributed by atoms with van der Waals surface area (Å²) >= 11 is 0. The molecule has 2 heterocycles. The minimum Gasteiger partial charge on any atom is -0.508 e. The smallest absolute Gasteiger partial charge is 0.199 e. The molecule has 2 aromatic rings. The third-order valence-corrected chi connectivity index (χ3v) is 6.03. The number of phenols is 1. The van der Waals surface area contributed by atoms with E-state index in [4.69, 9.17) is 9.47 Å². The van der Waals surface area contributed by atoms with Crippen molar-refractivity contribution in [3.05, 3.63) is 64.2 Å². The number of hydrogen-bond donors (Lipinski definition) is 4. The van der Waals surface area contributed by atoms with Crippen molar-refractivity contribution in [1.29, 1.82) is 0 Å². The van der Waals surface area contributed by atoms with Crippen LogP contribution in [0.5, 0.6) is 17.2 Å². The Morgan fingerprint density at radius 1 is 1.06 bits per heavy atom. The van der Waals surface area contributed by atoms with Crippen LogP contribution >= 0.6 is 0 Å². The first kappa shape index (κ1) is 22.3. The topological polar surface area (TPSA) is 116 Å². The first-order chi connectivity index (χ1) is 15.0. The SMILES string of the molecule is CC(C)=CCc1cc2c(c3c1OC(C)(C)C(O)C3O)OC(c1ccc(O)cc1)C(O)C2=O. The van der Waals surface area contributed by atoms with Gasteiger partial charge in [0.05, 0.1) is 11.1 Å². The Morgan fingerprint density at radius 3 is 2.34 bits per heavy atom. The lowest BCUT2D eigenvalue weighted by molar-refractivity contribution is -0.113. The molecule has 0 spiro atoms. The molecule has 0 saturated carbocycles. The highest BCUT2D eigenvalue weighted by Gasteiger charge is 2.48. The summed E-state index contributed by atoms with van der Waals surface area (Å²) in [6.07, 6.45) is -2.69. The van der Waals surface area contributed by atoms with E-state index in [0.717, 1.165) is 5.57 Å². The minimum atomic E-state index is -1.47. The Morgan fingerprint density at radius 2 is 1.72 bits per heavy atom. The highest BCUT2D eigenvalue weighted by Crippen LogP contribution is 2.51. The number of benzene rings is 2. The number of fused-ring (bicyclic) bond motifs is 3. The van der Waals surface area contributed by atoms with Crippen molar-refractivity contribution in [2.45, 2.75) is 64.1 Å². The fourth-order valence-electron chi connectivity index (χ4n) is 4.16. The molecule has 4 rings (SSSR count). The maximum Gasteiger partial charge on any atom is 0.199 e. The van der Waals surface area contributed by atoms with Crippen LogP contribution in [-0.2, 0) is 6.42 Å². The summed E-state index contributed by atoms with van der Waals surface area (Å²) in [6, 6.07) is 7.62. The molecule has 2 aliphatic rings. The number of hydrogen-bond acceptors (Lipinski definition) is 7. The summed E-state index contributed by atoms with van der Waals surface area (Å²) in [5, 5.41) is 42.0. The predicted octanol–water partition coefficient (Wildman–Crippen LogP) is 3.14. The van der Waals surface area contributed by atoms with E-state index >= 15 is 0 Å². The summed E-state index contributed by atoms with van der Waals surface area (Å²) < 4.78 is 12.2. The van der Waals surface area contributed by atoms with Crippen LogP contribution in [0, 0.1) is 0 Å². The molecule has 4 atom stereocenters. The van der Waals surface area contributed by atoms with E-state index in [0.29, 0.717) is 23.3 Å². The Balaban J connectivity index is 1.91. The van der Waals surface area contributed by atoms with Gasteiger partial charge in [-0.05, 0) is 63.4 Å². The van der Waals surface area contributed by atoms with Gasteiger partial charge < -0.3 is 29.9 Å². The maximum absolute atomic E-state index is 13.2. The molecule has 0 aliphatic carbocycles. The number of allylic oxidation sites excluding steroid dienone is 2. The number of aliphatic hydroxyl groups excluding tert-OH is 3. The molecule has 0 radical (unpaired) electrons. The van der Waals surface area contributed by atoms with E-state index in [1.54, 1.807) is 32.0 Å². The Bertz CT molecular complexity index is 1080. The van der Waals surface area contributed by atoms with E-state index in [1.165, 1.54) is 12.1 Å². The lowest BCUT2D eigenvalue weighted by Crippen LogP contribution is -2.49. The molecule has 7 nitrogen and oxygen atoms in total. The molecule has 2 aliphatic heterocycles. The predicted molar refractivity (Wildman–Crippen MR) is 117 cm³/mol. The third-order valence-electron chi connectivity index (χ3n) is 6.03. The van der Waals surface area contributed by atoms with Crippen LogP contribution in [0.25, 0.3) is 0 Å². The van der Waals surface area contributed by atoms with E-state index in [-0.39, 0.29) is 22.6 Å². The summed E-state index contributed by atoms with van der Waals surface area (Å²) in [7, 11) is 0. The average molecular weight is 440 g/mol. The zero-order valence-electron chi connectivity index (χ0n) is 18.5. The van der Waals surface area contributed by atoms with Crippen LogP contribution in [0.1, 0.15) is 67.0 Å². The number of ketones is 1. The second-order valence-electron chi connectivity index (χ2n) is 9.18. The molecule has 0 bridgehead atoms. The van der Waals surface area contributed by atoms with Crippen LogP contribution in [0.3, 0.4) is 0 Å². The molecular weight excluding hydrogens is 412 g/mol. The number of carbonyl (C=O) groups excluding carboxylic acids is 1. The van der Waals surface area contributed by atoms with Crippen molar-refractivity contribution in [1.82, 2.24) is 0 Å². The second-order valence-corrected chi connectivity index (χ2v) is 9.18. The van der Waals surface area contributed by atoms with Gasteiger partial charge in [-0.1, -0.05) is 23.8 Å². The molecule has 7 heteroatoms. The van der Waals surface area contributed by atoms with Gasteiger partial charge in [0.25, 0.3) is 0 Å². The highest BCUT2D eigenvalue weighted by atomic mass is 16.5. The number of carbonyl (C=O) groups is 1. The highest BCUT2D eigenvalue weighted by molar-refractivity contribution is 6.04. The van der Waals surface area contributed by atoms with E-state index in [9.17, 15) is 25.2 Å². The zero-order chi connectivity index (χ0) is 23.4. The maximum atomic E-state index is 13.2. The number of Topliss-reactive ketones (excluding diaryl/α,β-unsaturated/α-hetero) is 1. The average Bonchev–Trinajstić information content (AvgIpc) is 2.73. The Labute approximate surface area is 186 Å². The van der Waals surface area contributed by atoms with Gasteiger partial charge in [0, 0.05) is 0 Å². The van der Waals surface area contributed by atoms with Gasteiger partial charge in [-0.15, -0.1) is 0 Å². The first-order valence-electron chi connectivity index (χ1n) is 10.6. The van der Waals surface area contributed by atoms with Crippen LogP contribution in [0.4, 0.5) is 0 Å². The largest absolute Gasteiger partial charge is 0.508 e. The van der Waals surface area contributed by atoms with Crippen LogP contribution in [0.2, 0.25) is 0 Å². The van der Waals surface area contributed by atoms with Crippen LogP contribution < -0.4 is 9.47 Å². The van der Waals surface area contributed by atoms with Crippen molar-refractivity contribution in [2.24, 2.45) is 0 Å². The number of phenolic OH excluding ortho intramolecular Hbond substituents is 1. The molecule has 0 amide bonds. The fraction of sp³-hybridized carbons (Fsp3) is 0.400. The van der Waals surface area contributed by atoms with Gasteiger partial charge in [-0.25, -0.2) is 0 Å². The normalized spacial score (nSPS) is 25.8. The standard InChI is InChI=1S/C25H28O7/c1-12(2)5-6-14-11-16-18(27)20(29)22(13-7-9-15(26)10-8-13)31-23(16)17-19(28)24(30)25(3,4)32-21(14)17/h5,7-11,19-20,22,24,26,28-30H,6H2,1-4H3. The second kappa shape index (κ2) is 7.92. The van der Waals surface area contributed by atoms with Gasteiger partial charge in [0.1, 0.15) is 35.1 Å². The molecule has 4 N–H and O–H groups in total. The van der Waals surface area contributed by atoms with Crippen molar-refractivity contribution in [3.63, 3.8) is 0 Å². The van der Waals surface area contributed by atoms with Crippen LogP contribution in [0.15, 0.2) is 42.0 Å². The lowest BCUT2D eigenvalue weighted by atomic mass is 9.82.